The van der Waals surface area contributed by atoms with Gasteiger partial charge in [-0.05, 0) is 24.6 Å². The van der Waals surface area contributed by atoms with Gasteiger partial charge in [-0.3, -0.25) is 4.79 Å². The highest BCUT2D eigenvalue weighted by atomic mass is 32.2. The molecule has 1 aromatic carbocycles. The maximum absolute atomic E-state index is 12.2. The molecular formula is C11H16N2O4S. The van der Waals surface area contributed by atoms with Gasteiger partial charge in [0, 0.05) is 12.2 Å². The maximum atomic E-state index is 12.2. The van der Waals surface area contributed by atoms with Gasteiger partial charge in [-0.25, -0.2) is 8.42 Å². The van der Waals surface area contributed by atoms with E-state index in [1.165, 1.54) is 18.2 Å². The van der Waals surface area contributed by atoms with Crippen molar-refractivity contribution in [2.45, 2.75) is 18.2 Å². The van der Waals surface area contributed by atoms with E-state index in [2.05, 4.69) is 0 Å². The van der Waals surface area contributed by atoms with Crippen LogP contribution in [0.1, 0.15) is 13.3 Å². The van der Waals surface area contributed by atoms with Crippen molar-refractivity contribution in [1.29, 1.82) is 0 Å². The Labute approximate surface area is 106 Å². The Morgan fingerprint density at radius 1 is 1.44 bits per heavy atom. The number of anilines is 1. The zero-order valence-corrected chi connectivity index (χ0v) is 10.9. The Hall–Kier alpha value is -1.60. The van der Waals surface area contributed by atoms with Crippen LogP contribution in [0.3, 0.4) is 0 Å². The van der Waals surface area contributed by atoms with Gasteiger partial charge in [-0.1, -0.05) is 13.0 Å². The Balaban J connectivity index is 3.12. The third-order valence-electron chi connectivity index (χ3n) is 2.28. The summed E-state index contributed by atoms with van der Waals surface area (Å²) in [5, 5.41) is 8.74. The van der Waals surface area contributed by atoms with Crippen LogP contribution in [0.15, 0.2) is 29.2 Å². The minimum Gasteiger partial charge on any atom is -0.480 e. The van der Waals surface area contributed by atoms with E-state index >= 15 is 0 Å². The molecule has 0 spiro atoms. The molecule has 0 amide bonds. The molecule has 1 aromatic rings. The molecule has 0 saturated heterocycles. The average molecular weight is 272 g/mol. The first-order valence-electron chi connectivity index (χ1n) is 5.45. The quantitative estimate of drug-likeness (QED) is 0.744. The second-order valence-electron chi connectivity index (χ2n) is 3.80. The summed E-state index contributed by atoms with van der Waals surface area (Å²) in [5.41, 5.74) is 5.85. The summed E-state index contributed by atoms with van der Waals surface area (Å²) >= 11 is 0. The van der Waals surface area contributed by atoms with Crippen molar-refractivity contribution < 1.29 is 18.3 Å². The minimum absolute atomic E-state index is 0.0113. The van der Waals surface area contributed by atoms with Crippen molar-refractivity contribution >= 4 is 21.7 Å². The fourth-order valence-electron chi connectivity index (χ4n) is 1.51. The summed E-state index contributed by atoms with van der Waals surface area (Å²) in [6.07, 6.45) is 0.537. The lowest BCUT2D eigenvalue weighted by Crippen LogP contribution is -2.36. The zero-order chi connectivity index (χ0) is 13.8. The van der Waals surface area contributed by atoms with Crippen LogP contribution in [0.25, 0.3) is 0 Å². The predicted octanol–water partition coefficient (Wildman–Crippen LogP) is 0.754. The number of carboxylic acid groups (broad SMARTS) is 1. The smallest absolute Gasteiger partial charge is 0.318 e. The van der Waals surface area contributed by atoms with Crippen LogP contribution in [0.5, 0.6) is 0 Å². The number of nitrogen functional groups attached to an aromatic ring is 1. The second kappa shape index (κ2) is 5.83. The Morgan fingerprint density at radius 3 is 2.61 bits per heavy atom. The van der Waals surface area contributed by atoms with E-state index in [0.717, 1.165) is 4.31 Å². The van der Waals surface area contributed by atoms with E-state index in [-0.39, 0.29) is 11.4 Å². The van der Waals surface area contributed by atoms with Crippen LogP contribution < -0.4 is 5.73 Å². The highest BCUT2D eigenvalue weighted by molar-refractivity contribution is 7.89. The normalized spacial score (nSPS) is 11.7. The fraction of sp³-hybridized carbons (Fsp3) is 0.364. The van der Waals surface area contributed by atoms with Crippen LogP contribution >= 0.6 is 0 Å². The van der Waals surface area contributed by atoms with Crippen molar-refractivity contribution in [1.82, 2.24) is 4.31 Å². The van der Waals surface area contributed by atoms with E-state index in [0.29, 0.717) is 12.1 Å². The molecular weight excluding hydrogens is 256 g/mol. The molecule has 3 N–H and O–H groups in total. The number of hydrogen-bond donors (Lipinski definition) is 2. The molecule has 0 atom stereocenters. The van der Waals surface area contributed by atoms with Crippen LogP contribution in [0.4, 0.5) is 5.69 Å². The van der Waals surface area contributed by atoms with Crippen molar-refractivity contribution in [3.63, 3.8) is 0 Å². The third-order valence-corrected chi connectivity index (χ3v) is 4.12. The first kappa shape index (κ1) is 14.5. The SMILES string of the molecule is CCCN(CC(=O)O)S(=O)(=O)c1cccc(N)c1. The Bertz CT molecular complexity index is 528. The monoisotopic (exact) mass is 272 g/mol. The molecule has 0 aromatic heterocycles. The van der Waals surface area contributed by atoms with Crippen LogP contribution in [0.2, 0.25) is 0 Å². The van der Waals surface area contributed by atoms with Gasteiger partial charge >= 0.3 is 5.97 Å². The molecule has 6 nitrogen and oxygen atoms in total. The molecule has 0 radical (unpaired) electrons. The lowest BCUT2D eigenvalue weighted by molar-refractivity contribution is -0.137. The van der Waals surface area contributed by atoms with Crippen LogP contribution in [0, 0.1) is 0 Å². The first-order chi connectivity index (χ1) is 8.37. The minimum atomic E-state index is -3.81. The highest BCUT2D eigenvalue weighted by Crippen LogP contribution is 2.18. The molecule has 0 aliphatic heterocycles. The molecule has 0 aliphatic carbocycles. The summed E-state index contributed by atoms with van der Waals surface area (Å²) in [6.45, 7) is 1.39. The van der Waals surface area contributed by atoms with Crippen molar-refractivity contribution in [2.75, 3.05) is 18.8 Å². The summed E-state index contributed by atoms with van der Waals surface area (Å²) in [4.78, 5) is 10.7. The lowest BCUT2D eigenvalue weighted by Gasteiger charge is -2.19. The highest BCUT2D eigenvalue weighted by Gasteiger charge is 2.25. The molecule has 0 aliphatic rings. The van der Waals surface area contributed by atoms with Gasteiger partial charge in [0.1, 0.15) is 6.54 Å². The summed E-state index contributed by atoms with van der Waals surface area (Å²) in [5.74, 6) is -1.18. The predicted molar refractivity (Wildman–Crippen MR) is 67.5 cm³/mol. The number of benzene rings is 1. The topological polar surface area (TPSA) is 101 Å². The molecule has 0 saturated carbocycles. The number of nitrogens with two attached hydrogens (primary N) is 1. The third kappa shape index (κ3) is 3.44. The van der Waals surface area contributed by atoms with Gasteiger partial charge in [0.15, 0.2) is 0 Å². The van der Waals surface area contributed by atoms with E-state index in [4.69, 9.17) is 10.8 Å². The first-order valence-corrected chi connectivity index (χ1v) is 6.89. The lowest BCUT2D eigenvalue weighted by atomic mass is 10.3. The van der Waals surface area contributed by atoms with Gasteiger partial charge in [-0.15, -0.1) is 0 Å². The molecule has 0 unspecified atom stereocenters. The zero-order valence-electron chi connectivity index (χ0n) is 10.0. The second-order valence-corrected chi connectivity index (χ2v) is 5.74. The number of nitrogens with zero attached hydrogens (tertiary/aromatic N) is 1. The largest absolute Gasteiger partial charge is 0.480 e. The van der Waals surface area contributed by atoms with Crippen molar-refractivity contribution in [3.8, 4) is 0 Å². The summed E-state index contributed by atoms with van der Waals surface area (Å²) in [7, 11) is -3.81. The van der Waals surface area contributed by atoms with E-state index < -0.39 is 22.5 Å². The van der Waals surface area contributed by atoms with E-state index in [9.17, 15) is 13.2 Å². The number of carboxylic acids is 1. The number of aliphatic carboxylic acids is 1. The average Bonchev–Trinajstić information content (AvgIpc) is 2.28. The fourth-order valence-corrected chi connectivity index (χ4v) is 3.05. The molecule has 1 rings (SSSR count). The molecule has 0 bridgehead atoms. The molecule has 7 heteroatoms. The van der Waals surface area contributed by atoms with E-state index in [1.807, 2.05) is 0 Å². The number of hydrogen-bond acceptors (Lipinski definition) is 4. The Kier molecular flexibility index (Phi) is 4.69. The van der Waals surface area contributed by atoms with Crippen molar-refractivity contribution in [2.24, 2.45) is 0 Å². The van der Waals surface area contributed by atoms with Gasteiger partial charge in [0.05, 0.1) is 4.90 Å². The van der Waals surface area contributed by atoms with Gasteiger partial charge in [0.2, 0.25) is 10.0 Å². The number of sulfonamides is 1. The maximum Gasteiger partial charge on any atom is 0.318 e. The number of rotatable bonds is 6. The standard InChI is InChI=1S/C11H16N2O4S/c1-2-6-13(8-11(14)15)18(16,17)10-5-3-4-9(12)7-10/h3-5,7H,2,6,8,12H2,1H3,(H,14,15). The van der Waals surface area contributed by atoms with Crippen LogP contribution in [-0.2, 0) is 14.8 Å². The van der Waals surface area contributed by atoms with Crippen LogP contribution in [-0.4, -0.2) is 36.9 Å². The summed E-state index contributed by atoms with van der Waals surface area (Å²) in [6, 6.07) is 5.81. The Morgan fingerprint density at radius 2 is 2.11 bits per heavy atom. The van der Waals surface area contributed by atoms with Crippen molar-refractivity contribution in [3.05, 3.63) is 24.3 Å². The molecule has 18 heavy (non-hydrogen) atoms. The number of carbonyl (C=O) groups is 1. The van der Waals surface area contributed by atoms with Gasteiger partial charge in [0.25, 0.3) is 0 Å². The summed E-state index contributed by atoms with van der Waals surface area (Å²) < 4.78 is 25.4. The molecule has 0 fully saturated rings. The van der Waals surface area contributed by atoms with E-state index in [1.54, 1.807) is 13.0 Å². The molecule has 0 heterocycles. The molecule has 100 valence electrons. The van der Waals surface area contributed by atoms with Gasteiger partial charge < -0.3 is 10.8 Å². The van der Waals surface area contributed by atoms with Gasteiger partial charge in [-0.2, -0.15) is 4.31 Å².